The quantitative estimate of drug-likeness (QED) is 0.600. The zero-order chi connectivity index (χ0) is 11.3. The summed E-state index contributed by atoms with van der Waals surface area (Å²) in [5.74, 6) is 0.161. The summed E-state index contributed by atoms with van der Waals surface area (Å²) in [7, 11) is 2.86. The van der Waals surface area contributed by atoms with Gasteiger partial charge in [-0.25, -0.2) is 4.79 Å². The molecule has 0 aromatic heterocycles. The van der Waals surface area contributed by atoms with Gasteiger partial charge >= 0.3 is 5.97 Å². The predicted molar refractivity (Wildman–Crippen MR) is 56.4 cm³/mol. The third kappa shape index (κ3) is 3.09. The number of hydrogen-bond acceptors (Lipinski definition) is 4. The molecule has 4 nitrogen and oxygen atoms in total. The van der Waals surface area contributed by atoms with E-state index in [2.05, 4.69) is 4.74 Å². The van der Waals surface area contributed by atoms with Crippen molar-refractivity contribution in [2.75, 3.05) is 14.2 Å². The minimum atomic E-state index is -0.592. The van der Waals surface area contributed by atoms with E-state index in [1.54, 1.807) is 19.2 Å². The molecule has 15 heavy (non-hydrogen) atoms. The maximum atomic E-state index is 11.0. The van der Waals surface area contributed by atoms with E-state index in [0.29, 0.717) is 0 Å². The molecule has 0 aliphatic carbocycles. The van der Waals surface area contributed by atoms with E-state index in [9.17, 15) is 4.79 Å². The highest BCUT2D eigenvalue weighted by atomic mass is 16.5. The van der Waals surface area contributed by atoms with Gasteiger partial charge < -0.3 is 9.47 Å². The van der Waals surface area contributed by atoms with Gasteiger partial charge in [0.2, 0.25) is 0 Å². The van der Waals surface area contributed by atoms with Crippen molar-refractivity contribution in [3.05, 3.63) is 29.8 Å². The number of rotatable bonds is 4. The fourth-order valence-electron chi connectivity index (χ4n) is 1.14. The number of carbonyl (C=O) groups is 1. The van der Waals surface area contributed by atoms with E-state index in [4.69, 9.17) is 10.1 Å². The smallest absolute Gasteiger partial charge is 0.352 e. The first kappa shape index (κ1) is 11.2. The zero-order valence-electron chi connectivity index (χ0n) is 8.74. The van der Waals surface area contributed by atoms with Gasteiger partial charge in [-0.2, -0.15) is 0 Å². The fourth-order valence-corrected chi connectivity index (χ4v) is 1.14. The summed E-state index contributed by atoms with van der Waals surface area (Å²) in [4.78, 5) is 11.0. The average molecular weight is 207 g/mol. The lowest BCUT2D eigenvalue weighted by molar-refractivity contribution is -0.132. The van der Waals surface area contributed by atoms with E-state index in [-0.39, 0.29) is 12.1 Å². The van der Waals surface area contributed by atoms with E-state index in [1.807, 2.05) is 12.1 Å². The molecular weight excluding hydrogens is 194 g/mol. The Kier molecular flexibility index (Phi) is 3.85. The summed E-state index contributed by atoms with van der Waals surface area (Å²) in [5, 5.41) is 7.42. The molecule has 4 heteroatoms. The van der Waals surface area contributed by atoms with Crippen molar-refractivity contribution in [2.24, 2.45) is 0 Å². The molecule has 0 radical (unpaired) electrons. The normalized spacial score (nSPS) is 9.47. The van der Waals surface area contributed by atoms with Crippen molar-refractivity contribution in [1.82, 2.24) is 0 Å². The minimum absolute atomic E-state index is 0.0531. The van der Waals surface area contributed by atoms with Crippen LogP contribution in [0.2, 0.25) is 0 Å². The van der Waals surface area contributed by atoms with Crippen LogP contribution in [0.3, 0.4) is 0 Å². The van der Waals surface area contributed by atoms with E-state index < -0.39 is 5.97 Å². The Morgan fingerprint density at radius 3 is 2.33 bits per heavy atom. The first-order valence-corrected chi connectivity index (χ1v) is 4.46. The SMILES string of the molecule is COC(=O)C(=N)Cc1ccc(OC)cc1. The number of nitrogens with one attached hydrogen (secondary N) is 1. The minimum Gasteiger partial charge on any atom is -0.497 e. The molecule has 0 unspecified atom stereocenters. The van der Waals surface area contributed by atoms with Gasteiger partial charge in [0.1, 0.15) is 11.5 Å². The molecule has 0 saturated carbocycles. The highest BCUT2D eigenvalue weighted by Crippen LogP contribution is 2.11. The molecule has 0 aliphatic rings. The first-order chi connectivity index (χ1) is 7.17. The molecule has 1 rings (SSSR count). The van der Waals surface area contributed by atoms with Crippen LogP contribution < -0.4 is 4.74 Å². The Balaban J connectivity index is 2.65. The predicted octanol–water partition coefficient (Wildman–Crippen LogP) is 1.43. The maximum Gasteiger partial charge on any atom is 0.352 e. The number of hydrogen-bond donors (Lipinski definition) is 1. The van der Waals surface area contributed by atoms with Crippen LogP contribution in [0.1, 0.15) is 5.56 Å². The molecule has 0 fully saturated rings. The van der Waals surface area contributed by atoms with Crippen LogP contribution in [0.15, 0.2) is 24.3 Å². The van der Waals surface area contributed by atoms with Gasteiger partial charge in [0.15, 0.2) is 0 Å². The first-order valence-electron chi connectivity index (χ1n) is 4.46. The molecule has 0 aliphatic heterocycles. The third-order valence-corrected chi connectivity index (χ3v) is 1.97. The molecule has 1 aromatic rings. The Hall–Kier alpha value is -1.84. The lowest BCUT2D eigenvalue weighted by atomic mass is 10.1. The molecule has 1 aromatic carbocycles. The van der Waals surface area contributed by atoms with Crippen molar-refractivity contribution < 1.29 is 14.3 Å². The van der Waals surface area contributed by atoms with Crippen LogP contribution in [-0.4, -0.2) is 25.9 Å². The third-order valence-electron chi connectivity index (χ3n) is 1.97. The highest BCUT2D eigenvalue weighted by molar-refractivity contribution is 6.35. The van der Waals surface area contributed by atoms with Gasteiger partial charge in [-0.15, -0.1) is 0 Å². The summed E-state index contributed by atoms with van der Waals surface area (Å²) in [6, 6.07) is 7.21. The van der Waals surface area contributed by atoms with Crippen molar-refractivity contribution in [1.29, 1.82) is 5.41 Å². The number of carbonyl (C=O) groups excluding carboxylic acids is 1. The number of esters is 1. The van der Waals surface area contributed by atoms with Crippen LogP contribution >= 0.6 is 0 Å². The molecule has 0 atom stereocenters. The van der Waals surface area contributed by atoms with Gasteiger partial charge in [0.25, 0.3) is 0 Å². The molecule has 0 spiro atoms. The van der Waals surface area contributed by atoms with Crippen LogP contribution in [0.4, 0.5) is 0 Å². The summed E-state index contributed by atoms with van der Waals surface area (Å²) in [5.41, 5.74) is 0.828. The molecule has 0 amide bonds. The standard InChI is InChI=1S/C11H13NO3/c1-14-9-5-3-8(4-6-9)7-10(12)11(13)15-2/h3-6,12H,7H2,1-2H3. The summed E-state index contributed by atoms with van der Waals surface area (Å²) in [6.07, 6.45) is 0.274. The average Bonchev–Trinajstić information content (AvgIpc) is 2.29. The molecule has 0 saturated heterocycles. The van der Waals surface area contributed by atoms with Crippen LogP contribution in [0, 0.1) is 5.41 Å². The monoisotopic (exact) mass is 207 g/mol. The van der Waals surface area contributed by atoms with Crippen molar-refractivity contribution >= 4 is 11.7 Å². The van der Waals surface area contributed by atoms with Crippen LogP contribution in [-0.2, 0) is 16.0 Å². The number of methoxy groups -OCH3 is 2. The molecule has 0 bridgehead atoms. The summed E-state index contributed by atoms with van der Waals surface area (Å²) in [6.45, 7) is 0. The second-order valence-electron chi connectivity index (χ2n) is 2.99. The number of ether oxygens (including phenoxy) is 2. The Labute approximate surface area is 88.3 Å². The van der Waals surface area contributed by atoms with E-state index in [1.165, 1.54) is 7.11 Å². The number of benzene rings is 1. The molecule has 1 N–H and O–H groups in total. The van der Waals surface area contributed by atoms with Gasteiger partial charge in [0.05, 0.1) is 14.2 Å². The van der Waals surface area contributed by atoms with E-state index >= 15 is 0 Å². The van der Waals surface area contributed by atoms with Crippen LogP contribution in [0.5, 0.6) is 5.75 Å². The van der Waals surface area contributed by atoms with Crippen molar-refractivity contribution in [2.45, 2.75) is 6.42 Å². The Bertz CT molecular complexity index is 357. The second-order valence-corrected chi connectivity index (χ2v) is 2.99. The maximum absolute atomic E-state index is 11.0. The van der Waals surface area contributed by atoms with Gasteiger partial charge in [0, 0.05) is 6.42 Å². The lowest BCUT2D eigenvalue weighted by Gasteiger charge is -2.03. The summed E-state index contributed by atoms with van der Waals surface area (Å²) < 4.78 is 9.44. The zero-order valence-corrected chi connectivity index (χ0v) is 8.74. The van der Waals surface area contributed by atoms with Crippen molar-refractivity contribution in [3.8, 4) is 5.75 Å². The van der Waals surface area contributed by atoms with Crippen LogP contribution in [0.25, 0.3) is 0 Å². The highest BCUT2D eigenvalue weighted by Gasteiger charge is 2.09. The fraction of sp³-hybridized carbons (Fsp3) is 0.273. The topological polar surface area (TPSA) is 59.4 Å². The second kappa shape index (κ2) is 5.14. The lowest BCUT2D eigenvalue weighted by Crippen LogP contribution is -2.16. The molecular formula is C11H13NO3. The van der Waals surface area contributed by atoms with Gasteiger partial charge in [-0.3, -0.25) is 5.41 Å². The van der Waals surface area contributed by atoms with E-state index in [0.717, 1.165) is 11.3 Å². The summed E-state index contributed by atoms with van der Waals surface area (Å²) >= 11 is 0. The Morgan fingerprint density at radius 1 is 1.27 bits per heavy atom. The van der Waals surface area contributed by atoms with Gasteiger partial charge in [-0.05, 0) is 17.7 Å². The molecule has 0 heterocycles. The largest absolute Gasteiger partial charge is 0.497 e. The Morgan fingerprint density at radius 2 is 1.87 bits per heavy atom. The molecule has 80 valence electrons. The van der Waals surface area contributed by atoms with Gasteiger partial charge in [-0.1, -0.05) is 12.1 Å². The van der Waals surface area contributed by atoms with Crippen molar-refractivity contribution in [3.63, 3.8) is 0 Å².